The molecule has 6 heteroatoms. The molecule has 3 aliphatic carbocycles. The molecule has 218 valence electrons. The Labute approximate surface area is 246 Å². The van der Waals surface area contributed by atoms with E-state index < -0.39 is 46.8 Å². The lowest BCUT2D eigenvalue weighted by molar-refractivity contribution is -0.195. The lowest BCUT2D eigenvalue weighted by Crippen LogP contribution is -2.64. The van der Waals surface area contributed by atoms with E-state index in [4.69, 9.17) is 4.74 Å². The predicted molar refractivity (Wildman–Crippen MR) is 159 cm³/mol. The van der Waals surface area contributed by atoms with Crippen molar-refractivity contribution in [2.75, 3.05) is 6.61 Å². The molecule has 0 radical (unpaired) electrons. The van der Waals surface area contributed by atoms with Gasteiger partial charge in [0.2, 0.25) is 0 Å². The highest BCUT2D eigenvalue weighted by molar-refractivity contribution is 5.85. The molecule has 4 N–H and O–H groups in total. The molecule has 6 nitrogen and oxygen atoms in total. The van der Waals surface area contributed by atoms with E-state index in [2.05, 4.69) is 0 Å². The third-order valence-corrected chi connectivity index (χ3v) is 9.81. The van der Waals surface area contributed by atoms with Crippen molar-refractivity contribution in [2.24, 2.45) is 17.8 Å². The van der Waals surface area contributed by atoms with Gasteiger partial charge in [0.1, 0.15) is 23.4 Å². The smallest absolute Gasteiger partial charge is 0.162 e. The first kappa shape index (κ1) is 28.7. The summed E-state index contributed by atoms with van der Waals surface area (Å²) in [6, 6.07) is 29.7. The van der Waals surface area contributed by atoms with Crippen LogP contribution in [0.4, 0.5) is 0 Å². The number of hydrogen-bond donors (Lipinski definition) is 4. The Hall–Kier alpha value is -3.39. The van der Waals surface area contributed by atoms with Crippen LogP contribution in [0.2, 0.25) is 0 Å². The normalized spacial score (nSPS) is 32.8. The summed E-state index contributed by atoms with van der Waals surface area (Å²) < 4.78 is 7.01. The number of hydrogen-bond acceptors (Lipinski definition) is 6. The standard InChI is InChI=1S/C36H38O6/c1-23-18-31-34(40,33(23)39)21-25(20-29-32(38)30(37)19-24(2)35(29,31)41)22-42-36(26-12-6-3-7-13-26,27-14-8-4-9-15-27)28-16-10-5-11-17-28/h3-18,20,24,29,31-33,38-41H,19,21-22H2,1-2H3/t24-,29+,31-,32?,33?,34-,35-/m1/s1. The molecule has 0 bridgehead atoms. The van der Waals surface area contributed by atoms with Gasteiger partial charge in [0, 0.05) is 24.7 Å². The first-order valence-corrected chi connectivity index (χ1v) is 14.6. The van der Waals surface area contributed by atoms with Gasteiger partial charge in [-0.25, -0.2) is 0 Å². The molecule has 0 aromatic heterocycles. The summed E-state index contributed by atoms with van der Waals surface area (Å²) in [4.78, 5) is 12.8. The van der Waals surface area contributed by atoms with E-state index in [9.17, 15) is 25.2 Å². The summed E-state index contributed by atoms with van der Waals surface area (Å²) in [5.41, 5.74) is -0.532. The number of fused-ring (bicyclic) bond motifs is 3. The van der Waals surface area contributed by atoms with Gasteiger partial charge in [-0.3, -0.25) is 4.79 Å². The number of Topliss-reactive ketones (excluding diaryl/α,β-unsaturated/α-hetero) is 1. The first-order valence-electron chi connectivity index (χ1n) is 14.6. The maximum atomic E-state index is 12.8. The molecule has 6 rings (SSSR count). The monoisotopic (exact) mass is 566 g/mol. The van der Waals surface area contributed by atoms with Gasteiger partial charge in [-0.05, 0) is 40.7 Å². The minimum Gasteiger partial charge on any atom is -0.388 e. The van der Waals surface area contributed by atoms with Crippen LogP contribution in [0.15, 0.2) is 114 Å². The SMILES string of the molecule is CC1=C[C@H]2[C@@]3(O)[C@H](C)CC(=O)C(O)[C@@H]3C=C(COC(c3ccccc3)(c3ccccc3)c3ccccc3)C[C@]2(O)C1O. The van der Waals surface area contributed by atoms with Crippen LogP contribution < -0.4 is 0 Å². The van der Waals surface area contributed by atoms with E-state index in [1.807, 2.05) is 91.0 Å². The highest BCUT2D eigenvalue weighted by Gasteiger charge is 2.65. The summed E-state index contributed by atoms with van der Waals surface area (Å²) in [7, 11) is 0. The van der Waals surface area contributed by atoms with Gasteiger partial charge in [0.05, 0.1) is 12.2 Å². The van der Waals surface area contributed by atoms with Gasteiger partial charge in [-0.1, -0.05) is 110 Å². The van der Waals surface area contributed by atoms with Crippen molar-refractivity contribution in [3.8, 4) is 0 Å². The third kappa shape index (κ3) is 4.32. The molecule has 2 unspecified atom stereocenters. The highest BCUT2D eigenvalue weighted by Crippen LogP contribution is 2.55. The molecule has 3 aromatic carbocycles. The number of rotatable bonds is 6. The van der Waals surface area contributed by atoms with Gasteiger partial charge in [-0.2, -0.15) is 0 Å². The van der Waals surface area contributed by atoms with Crippen LogP contribution in [0.3, 0.4) is 0 Å². The van der Waals surface area contributed by atoms with Gasteiger partial charge < -0.3 is 25.2 Å². The Kier molecular flexibility index (Phi) is 7.32. The fourth-order valence-electron chi connectivity index (χ4n) is 7.65. The largest absolute Gasteiger partial charge is 0.388 e. The predicted octanol–water partition coefficient (Wildman–Crippen LogP) is 4.31. The second-order valence-corrected chi connectivity index (χ2v) is 12.3. The van der Waals surface area contributed by atoms with Crippen molar-refractivity contribution in [1.29, 1.82) is 0 Å². The second-order valence-electron chi connectivity index (χ2n) is 12.3. The fourth-order valence-corrected chi connectivity index (χ4v) is 7.65. The summed E-state index contributed by atoms with van der Waals surface area (Å²) in [5.74, 6) is -2.73. The molecule has 0 heterocycles. The molecular weight excluding hydrogens is 528 g/mol. The van der Waals surface area contributed by atoms with Crippen molar-refractivity contribution in [3.05, 3.63) is 131 Å². The molecule has 42 heavy (non-hydrogen) atoms. The van der Waals surface area contributed by atoms with Crippen molar-refractivity contribution in [2.45, 2.75) is 55.7 Å². The lowest BCUT2D eigenvalue weighted by Gasteiger charge is -2.51. The zero-order chi connectivity index (χ0) is 29.7. The van der Waals surface area contributed by atoms with E-state index in [0.717, 1.165) is 16.7 Å². The average molecular weight is 567 g/mol. The zero-order valence-corrected chi connectivity index (χ0v) is 23.9. The van der Waals surface area contributed by atoms with Crippen molar-refractivity contribution < 1.29 is 30.0 Å². The van der Waals surface area contributed by atoms with E-state index in [1.54, 1.807) is 26.0 Å². The van der Waals surface area contributed by atoms with Crippen molar-refractivity contribution in [3.63, 3.8) is 0 Å². The van der Waals surface area contributed by atoms with Gasteiger partial charge in [-0.15, -0.1) is 0 Å². The van der Waals surface area contributed by atoms with Crippen molar-refractivity contribution >= 4 is 5.78 Å². The molecular formula is C36H38O6. The number of benzene rings is 3. The third-order valence-electron chi connectivity index (χ3n) is 9.81. The maximum absolute atomic E-state index is 12.8. The van der Waals surface area contributed by atoms with Crippen LogP contribution in [0.5, 0.6) is 0 Å². The van der Waals surface area contributed by atoms with E-state index in [1.165, 1.54) is 0 Å². The van der Waals surface area contributed by atoms with Crippen LogP contribution in [0, 0.1) is 17.8 Å². The summed E-state index contributed by atoms with van der Waals surface area (Å²) >= 11 is 0. The first-order chi connectivity index (χ1) is 20.1. The van der Waals surface area contributed by atoms with Gasteiger partial charge in [0.15, 0.2) is 5.78 Å². The van der Waals surface area contributed by atoms with Crippen molar-refractivity contribution in [1.82, 2.24) is 0 Å². The molecule has 3 aliphatic rings. The van der Waals surface area contributed by atoms with Crippen LogP contribution in [-0.2, 0) is 15.1 Å². The number of ketones is 1. The van der Waals surface area contributed by atoms with E-state index in [-0.39, 0.29) is 25.2 Å². The summed E-state index contributed by atoms with van der Waals surface area (Å²) in [5, 5.41) is 46.8. The highest BCUT2D eigenvalue weighted by atomic mass is 16.5. The molecule has 0 spiro atoms. The Morgan fingerprint density at radius 3 is 1.83 bits per heavy atom. The minimum absolute atomic E-state index is 0.00750. The van der Waals surface area contributed by atoms with E-state index >= 15 is 0 Å². The van der Waals surface area contributed by atoms with Gasteiger partial charge >= 0.3 is 0 Å². The average Bonchev–Trinajstić information content (AvgIpc) is 3.17. The number of carbonyl (C=O) groups is 1. The summed E-state index contributed by atoms with van der Waals surface area (Å²) in [6.07, 6.45) is 0.790. The molecule has 1 saturated carbocycles. The van der Waals surface area contributed by atoms with E-state index in [0.29, 0.717) is 11.1 Å². The Bertz CT molecular complexity index is 1400. The number of ether oxygens (including phenoxy) is 1. The maximum Gasteiger partial charge on any atom is 0.162 e. The molecule has 0 saturated heterocycles. The minimum atomic E-state index is -1.73. The van der Waals surface area contributed by atoms with Gasteiger partial charge in [0.25, 0.3) is 0 Å². The van der Waals surface area contributed by atoms with Crippen LogP contribution >= 0.6 is 0 Å². The zero-order valence-electron chi connectivity index (χ0n) is 23.9. The van der Waals surface area contributed by atoms with Crippen LogP contribution in [0.25, 0.3) is 0 Å². The Balaban J connectivity index is 1.49. The van der Waals surface area contributed by atoms with Crippen LogP contribution in [-0.4, -0.2) is 56.2 Å². The Morgan fingerprint density at radius 1 is 0.833 bits per heavy atom. The fraction of sp³-hybridized carbons (Fsp3) is 0.361. The van der Waals surface area contributed by atoms with Crippen LogP contribution in [0.1, 0.15) is 43.4 Å². The second kappa shape index (κ2) is 10.7. The molecule has 0 aliphatic heterocycles. The number of carbonyl (C=O) groups excluding carboxylic acids is 1. The molecule has 3 aromatic rings. The Morgan fingerprint density at radius 2 is 1.33 bits per heavy atom. The molecule has 7 atom stereocenters. The number of aliphatic hydroxyl groups is 4. The topological polar surface area (TPSA) is 107 Å². The summed E-state index contributed by atoms with van der Waals surface area (Å²) in [6.45, 7) is 3.52. The molecule has 0 amide bonds. The quantitative estimate of drug-likeness (QED) is 0.262. The lowest BCUT2D eigenvalue weighted by atomic mass is 9.59. The number of aliphatic hydroxyl groups excluding tert-OH is 2. The molecule has 1 fully saturated rings.